The average Bonchev–Trinajstić information content (AvgIpc) is 2.44. The maximum Gasteiger partial charge on any atom is 0.123 e. The summed E-state index contributed by atoms with van der Waals surface area (Å²) in [6, 6.07) is 9.81. The van der Waals surface area contributed by atoms with Crippen LogP contribution in [0, 0.1) is 5.82 Å². The third-order valence-corrected chi connectivity index (χ3v) is 4.43. The minimum atomic E-state index is -0.276. The van der Waals surface area contributed by atoms with Crippen molar-refractivity contribution in [2.45, 2.75) is 19.4 Å². The SMILES string of the molecule is CCCNC(c1ccc(Cl)cc1Cl)c1cc(F)ccc1Br. The first-order valence-corrected chi connectivity index (χ1v) is 8.21. The number of nitrogens with one attached hydrogen (secondary N) is 1. The predicted octanol–water partition coefficient (Wildman–Crippen LogP) is 5.98. The van der Waals surface area contributed by atoms with Gasteiger partial charge in [0.05, 0.1) is 6.04 Å². The molecule has 2 aromatic carbocycles. The molecule has 2 aromatic rings. The van der Waals surface area contributed by atoms with Crippen LogP contribution in [0.15, 0.2) is 40.9 Å². The third kappa shape index (κ3) is 4.19. The summed E-state index contributed by atoms with van der Waals surface area (Å²) < 4.78 is 14.4. The summed E-state index contributed by atoms with van der Waals surface area (Å²) in [7, 11) is 0. The summed E-state index contributed by atoms with van der Waals surface area (Å²) in [6.07, 6.45) is 0.967. The zero-order valence-electron chi connectivity index (χ0n) is 11.5. The highest BCUT2D eigenvalue weighted by atomic mass is 79.9. The second-order valence-corrected chi connectivity index (χ2v) is 6.42. The Morgan fingerprint density at radius 1 is 1.14 bits per heavy atom. The van der Waals surface area contributed by atoms with Gasteiger partial charge in [-0.15, -0.1) is 0 Å². The predicted molar refractivity (Wildman–Crippen MR) is 90.7 cm³/mol. The molecule has 1 N–H and O–H groups in total. The Hall–Kier alpha value is -0.610. The van der Waals surface area contributed by atoms with Crippen LogP contribution in [-0.2, 0) is 0 Å². The van der Waals surface area contributed by atoms with E-state index in [4.69, 9.17) is 23.2 Å². The highest BCUT2D eigenvalue weighted by molar-refractivity contribution is 9.10. The second kappa shape index (κ2) is 7.59. The van der Waals surface area contributed by atoms with Gasteiger partial charge in [0.2, 0.25) is 0 Å². The van der Waals surface area contributed by atoms with Crippen molar-refractivity contribution in [1.29, 1.82) is 0 Å². The maximum absolute atomic E-state index is 13.6. The van der Waals surface area contributed by atoms with Crippen LogP contribution in [0.25, 0.3) is 0 Å². The van der Waals surface area contributed by atoms with E-state index in [-0.39, 0.29) is 11.9 Å². The molecule has 1 nitrogen and oxygen atoms in total. The van der Waals surface area contributed by atoms with Gasteiger partial charge in [0.25, 0.3) is 0 Å². The smallest absolute Gasteiger partial charge is 0.123 e. The van der Waals surface area contributed by atoms with Gasteiger partial charge in [0.15, 0.2) is 0 Å². The molecule has 1 atom stereocenters. The molecule has 0 aliphatic carbocycles. The van der Waals surface area contributed by atoms with Gasteiger partial charge in [-0.05, 0) is 54.4 Å². The molecule has 5 heteroatoms. The lowest BCUT2D eigenvalue weighted by atomic mass is 9.98. The van der Waals surface area contributed by atoms with Crippen LogP contribution in [0.4, 0.5) is 4.39 Å². The minimum absolute atomic E-state index is 0.195. The molecule has 0 aliphatic heterocycles. The van der Waals surface area contributed by atoms with Crippen molar-refractivity contribution in [2.24, 2.45) is 0 Å². The summed E-state index contributed by atoms with van der Waals surface area (Å²) in [5.74, 6) is -0.276. The Morgan fingerprint density at radius 2 is 1.90 bits per heavy atom. The largest absolute Gasteiger partial charge is 0.306 e. The molecular formula is C16H15BrCl2FN. The van der Waals surface area contributed by atoms with Gasteiger partial charge in [0.1, 0.15) is 5.82 Å². The molecule has 0 fully saturated rings. The molecule has 112 valence electrons. The average molecular weight is 391 g/mol. The number of benzene rings is 2. The normalized spacial score (nSPS) is 12.4. The zero-order chi connectivity index (χ0) is 15.4. The summed E-state index contributed by atoms with van der Waals surface area (Å²) in [5.41, 5.74) is 1.69. The van der Waals surface area contributed by atoms with Crippen LogP contribution in [-0.4, -0.2) is 6.54 Å². The van der Waals surface area contributed by atoms with E-state index in [1.165, 1.54) is 12.1 Å². The van der Waals surface area contributed by atoms with E-state index in [0.29, 0.717) is 10.0 Å². The first kappa shape index (κ1) is 16.8. The lowest BCUT2D eigenvalue weighted by Crippen LogP contribution is -2.24. The highest BCUT2D eigenvalue weighted by Gasteiger charge is 2.19. The second-order valence-electron chi connectivity index (χ2n) is 4.72. The van der Waals surface area contributed by atoms with Gasteiger partial charge in [-0.3, -0.25) is 0 Å². The van der Waals surface area contributed by atoms with Crippen LogP contribution in [0.1, 0.15) is 30.5 Å². The van der Waals surface area contributed by atoms with Crippen LogP contribution < -0.4 is 5.32 Å². The van der Waals surface area contributed by atoms with E-state index in [9.17, 15) is 4.39 Å². The molecule has 0 spiro atoms. The van der Waals surface area contributed by atoms with Crippen molar-refractivity contribution < 1.29 is 4.39 Å². The molecule has 0 bridgehead atoms. The van der Waals surface area contributed by atoms with E-state index in [2.05, 4.69) is 28.2 Å². The quantitative estimate of drug-likeness (QED) is 0.661. The van der Waals surface area contributed by atoms with Crippen LogP contribution in [0.3, 0.4) is 0 Å². The Kier molecular flexibility index (Phi) is 6.06. The third-order valence-electron chi connectivity index (χ3n) is 3.14. The first-order valence-electron chi connectivity index (χ1n) is 6.66. The molecule has 1 unspecified atom stereocenters. The molecule has 0 aromatic heterocycles. The van der Waals surface area contributed by atoms with Crippen molar-refractivity contribution in [2.75, 3.05) is 6.54 Å². The number of hydrogen-bond acceptors (Lipinski definition) is 1. The van der Waals surface area contributed by atoms with E-state index < -0.39 is 0 Å². The van der Waals surface area contributed by atoms with Crippen molar-refractivity contribution in [3.8, 4) is 0 Å². The van der Waals surface area contributed by atoms with Gasteiger partial charge in [0, 0.05) is 14.5 Å². The first-order chi connectivity index (χ1) is 10.0. The molecule has 2 rings (SSSR count). The van der Waals surface area contributed by atoms with E-state index in [1.54, 1.807) is 18.2 Å². The van der Waals surface area contributed by atoms with Crippen molar-refractivity contribution in [1.82, 2.24) is 5.32 Å². The van der Waals surface area contributed by atoms with Crippen LogP contribution in [0.5, 0.6) is 0 Å². The van der Waals surface area contributed by atoms with Crippen LogP contribution in [0.2, 0.25) is 10.0 Å². The summed E-state index contributed by atoms with van der Waals surface area (Å²) in [5, 5.41) is 4.55. The lowest BCUT2D eigenvalue weighted by Gasteiger charge is -2.22. The monoisotopic (exact) mass is 389 g/mol. The zero-order valence-corrected chi connectivity index (χ0v) is 14.6. The van der Waals surface area contributed by atoms with Gasteiger partial charge in [-0.25, -0.2) is 4.39 Å². The lowest BCUT2D eigenvalue weighted by molar-refractivity contribution is 0.584. The van der Waals surface area contributed by atoms with Gasteiger partial charge < -0.3 is 5.32 Å². The van der Waals surface area contributed by atoms with E-state index >= 15 is 0 Å². The molecule has 0 amide bonds. The molecular weight excluding hydrogens is 376 g/mol. The molecule has 0 saturated heterocycles. The molecule has 0 heterocycles. The van der Waals surface area contributed by atoms with Gasteiger partial charge >= 0.3 is 0 Å². The van der Waals surface area contributed by atoms with Crippen LogP contribution >= 0.6 is 39.1 Å². The summed E-state index contributed by atoms with van der Waals surface area (Å²) >= 11 is 15.7. The standard InChI is InChI=1S/C16H15BrCl2FN/c1-2-7-21-16(12-5-3-10(18)8-15(12)19)13-9-11(20)4-6-14(13)17/h3-6,8-9,16,21H,2,7H2,1H3. The molecule has 0 radical (unpaired) electrons. The number of hydrogen-bond donors (Lipinski definition) is 1. The Morgan fingerprint density at radius 3 is 2.57 bits per heavy atom. The Bertz CT molecular complexity index is 634. The highest BCUT2D eigenvalue weighted by Crippen LogP contribution is 2.34. The van der Waals surface area contributed by atoms with Gasteiger partial charge in [-0.2, -0.15) is 0 Å². The fraction of sp³-hybridized carbons (Fsp3) is 0.250. The minimum Gasteiger partial charge on any atom is -0.306 e. The van der Waals surface area contributed by atoms with E-state index in [0.717, 1.165) is 28.6 Å². The maximum atomic E-state index is 13.6. The summed E-state index contributed by atoms with van der Waals surface area (Å²) in [6.45, 7) is 2.88. The van der Waals surface area contributed by atoms with Crippen molar-refractivity contribution in [3.05, 3.63) is 67.9 Å². The molecule has 0 saturated carbocycles. The Balaban J connectivity index is 2.49. The molecule has 21 heavy (non-hydrogen) atoms. The topological polar surface area (TPSA) is 12.0 Å². The van der Waals surface area contributed by atoms with Crippen molar-refractivity contribution in [3.63, 3.8) is 0 Å². The number of halogens is 4. The molecule has 0 aliphatic rings. The summed E-state index contributed by atoms with van der Waals surface area (Å²) in [4.78, 5) is 0. The Labute approximate surface area is 142 Å². The fourth-order valence-electron chi connectivity index (χ4n) is 2.15. The number of rotatable bonds is 5. The van der Waals surface area contributed by atoms with Crippen molar-refractivity contribution >= 4 is 39.1 Å². The van der Waals surface area contributed by atoms with E-state index in [1.807, 2.05) is 6.07 Å². The van der Waals surface area contributed by atoms with Gasteiger partial charge in [-0.1, -0.05) is 52.1 Å². The fourth-order valence-corrected chi connectivity index (χ4v) is 3.14.